The molecule has 4 rings (SSSR count). The lowest BCUT2D eigenvalue weighted by Gasteiger charge is -2.42. The highest BCUT2D eigenvalue weighted by Crippen LogP contribution is 2.33. The van der Waals surface area contributed by atoms with Crippen LogP contribution in [0, 0.1) is 5.92 Å². The summed E-state index contributed by atoms with van der Waals surface area (Å²) < 4.78 is 1.39. The van der Waals surface area contributed by atoms with Gasteiger partial charge in [-0.25, -0.2) is 4.79 Å². The molecular weight excluding hydrogens is 392 g/mol. The molecule has 5 nitrogen and oxygen atoms in total. The summed E-state index contributed by atoms with van der Waals surface area (Å²) in [5.74, 6) is 0.811. The van der Waals surface area contributed by atoms with Crippen molar-refractivity contribution in [2.75, 3.05) is 45.2 Å². The number of anilines is 1. The van der Waals surface area contributed by atoms with Crippen molar-refractivity contribution in [3.05, 3.63) is 29.6 Å². The van der Waals surface area contributed by atoms with Crippen LogP contribution in [-0.4, -0.2) is 68.2 Å². The standard InChI is InChI=1S/C24H36N4OS/c1-18-17-27(13-11-19-7-9-20(10-8-19)25-24(29)26(2)3)14-15-28(18)22-5-4-6-23-21(22)12-16-30-23/h4-6,12,16,18-20H,7-11,13-15,17H2,1-3H3,(H,25,29)/t18-,19?,20?/m1/s1. The Morgan fingerprint density at radius 2 is 1.97 bits per heavy atom. The Bertz CT molecular complexity index is 843. The third-order valence-corrected chi connectivity index (χ3v) is 7.81. The van der Waals surface area contributed by atoms with E-state index in [2.05, 4.69) is 51.7 Å². The Balaban J connectivity index is 1.23. The molecule has 1 N–H and O–H groups in total. The molecule has 2 aromatic rings. The summed E-state index contributed by atoms with van der Waals surface area (Å²) in [6, 6.07) is 9.93. The molecule has 0 radical (unpaired) electrons. The summed E-state index contributed by atoms with van der Waals surface area (Å²) in [5.41, 5.74) is 1.40. The van der Waals surface area contributed by atoms with E-state index in [1.165, 1.54) is 41.6 Å². The van der Waals surface area contributed by atoms with E-state index in [1.807, 2.05) is 25.4 Å². The van der Waals surface area contributed by atoms with Crippen LogP contribution in [-0.2, 0) is 0 Å². The number of urea groups is 1. The maximum Gasteiger partial charge on any atom is 0.317 e. The lowest BCUT2D eigenvalue weighted by molar-refractivity contribution is 0.187. The first-order valence-corrected chi connectivity index (χ1v) is 12.3. The number of hydrogen-bond donors (Lipinski definition) is 1. The van der Waals surface area contributed by atoms with Crippen molar-refractivity contribution in [3.63, 3.8) is 0 Å². The molecule has 1 aliphatic heterocycles. The molecule has 2 fully saturated rings. The van der Waals surface area contributed by atoms with Gasteiger partial charge in [-0.1, -0.05) is 6.07 Å². The van der Waals surface area contributed by atoms with Crippen LogP contribution in [0.25, 0.3) is 10.1 Å². The Labute approximate surface area is 185 Å². The highest BCUT2D eigenvalue weighted by atomic mass is 32.1. The molecule has 0 unspecified atom stereocenters. The number of hydrogen-bond acceptors (Lipinski definition) is 4. The van der Waals surface area contributed by atoms with E-state index in [1.54, 1.807) is 4.90 Å². The first-order chi connectivity index (χ1) is 14.5. The lowest BCUT2D eigenvalue weighted by atomic mass is 9.84. The number of piperazine rings is 1. The van der Waals surface area contributed by atoms with Crippen molar-refractivity contribution >= 4 is 33.1 Å². The van der Waals surface area contributed by atoms with Crippen molar-refractivity contribution in [2.45, 2.75) is 51.1 Å². The van der Waals surface area contributed by atoms with Crippen molar-refractivity contribution < 1.29 is 4.79 Å². The third kappa shape index (κ3) is 4.92. The van der Waals surface area contributed by atoms with E-state index in [9.17, 15) is 4.79 Å². The number of nitrogens with zero attached hydrogens (tertiary/aromatic N) is 3. The summed E-state index contributed by atoms with van der Waals surface area (Å²) in [5, 5.41) is 6.76. The number of nitrogens with one attached hydrogen (secondary N) is 1. The molecule has 2 heterocycles. The van der Waals surface area contributed by atoms with E-state index < -0.39 is 0 Å². The van der Waals surface area contributed by atoms with Gasteiger partial charge in [0.15, 0.2) is 0 Å². The summed E-state index contributed by atoms with van der Waals surface area (Å²) in [6.45, 7) is 6.99. The van der Waals surface area contributed by atoms with E-state index in [4.69, 9.17) is 0 Å². The Kier molecular flexibility index (Phi) is 6.84. The molecule has 6 heteroatoms. The fourth-order valence-electron chi connectivity index (χ4n) is 5.09. The molecule has 2 amide bonds. The molecule has 1 aromatic carbocycles. The second kappa shape index (κ2) is 9.56. The van der Waals surface area contributed by atoms with Crippen LogP contribution in [0.3, 0.4) is 0 Å². The predicted molar refractivity (Wildman–Crippen MR) is 128 cm³/mol. The van der Waals surface area contributed by atoms with Gasteiger partial charge in [0, 0.05) is 61.6 Å². The van der Waals surface area contributed by atoms with Gasteiger partial charge in [0.2, 0.25) is 0 Å². The minimum atomic E-state index is 0.0449. The van der Waals surface area contributed by atoms with Gasteiger partial charge in [-0.3, -0.25) is 4.90 Å². The maximum atomic E-state index is 11.8. The highest BCUT2D eigenvalue weighted by molar-refractivity contribution is 7.17. The zero-order valence-corrected chi connectivity index (χ0v) is 19.5. The van der Waals surface area contributed by atoms with Crippen molar-refractivity contribution in [1.82, 2.24) is 15.1 Å². The first kappa shape index (κ1) is 21.4. The molecule has 30 heavy (non-hydrogen) atoms. The Morgan fingerprint density at radius 3 is 2.70 bits per heavy atom. The van der Waals surface area contributed by atoms with E-state index in [0.29, 0.717) is 12.1 Å². The average molecular weight is 429 g/mol. The molecule has 1 atom stereocenters. The first-order valence-electron chi connectivity index (χ1n) is 11.4. The van der Waals surface area contributed by atoms with E-state index in [0.717, 1.165) is 38.4 Å². The fourth-order valence-corrected chi connectivity index (χ4v) is 5.89. The number of benzene rings is 1. The van der Waals surface area contributed by atoms with Gasteiger partial charge in [0.1, 0.15) is 0 Å². The number of carbonyl (C=O) groups excluding carboxylic acids is 1. The molecule has 1 aliphatic carbocycles. The number of amides is 2. The quantitative estimate of drug-likeness (QED) is 0.754. The van der Waals surface area contributed by atoms with E-state index in [-0.39, 0.29) is 6.03 Å². The van der Waals surface area contributed by atoms with Gasteiger partial charge in [0.25, 0.3) is 0 Å². The molecular formula is C24H36N4OS. The zero-order valence-electron chi connectivity index (χ0n) is 18.6. The summed E-state index contributed by atoms with van der Waals surface area (Å²) in [7, 11) is 3.62. The van der Waals surface area contributed by atoms with Crippen LogP contribution < -0.4 is 10.2 Å². The SMILES string of the molecule is C[C@@H]1CN(CCC2CCC(NC(=O)N(C)C)CC2)CCN1c1cccc2sccc12. The number of fused-ring (bicyclic) bond motifs is 1. The summed E-state index contributed by atoms with van der Waals surface area (Å²) in [4.78, 5) is 18.7. The Morgan fingerprint density at radius 1 is 1.17 bits per heavy atom. The number of rotatable bonds is 5. The number of thiophene rings is 1. The highest BCUT2D eigenvalue weighted by Gasteiger charge is 2.27. The zero-order chi connectivity index (χ0) is 21.1. The average Bonchev–Trinajstić information content (AvgIpc) is 3.22. The topological polar surface area (TPSA) is 38.8 Å². The van der Waals surface area contributed by atoms with Gasteiger partial charge < -0.3 is 15.1 Å². The third-order valence-electron chi connectivity index (χ3n) is 6.93. The van der Waals surface area contributed by atoms with Gasteiger partial charge in [-0.15, -0.1) is 11.3 Å². The van der Waals surface area contributed by atoms with Crippen LogP contribution in [0.15, 0.2) is 29.6 Å². The number of carbonyl (C=O) groups is 1. The van der Waals surface area contributed by atoms with Crippen LogP contribution in [0.5, 0.6) is 0 Å². The maximum absolute atomic E-state index is 11.8. The molecule has 2 aliphatic rings. The molecule has 164 valence electrons. The van der Waals surface area contributed by atoms with Crippen molar-refractivity contribution in [3.8, 4) is 0 Å². The fraction of sp³-hybridized carbons (Fsp3) is 0.625. The smallest absolute Gasteiger partial charge is 0.317 e. The van der Waals surface area contributed by atoms with Crippen molar-refractivity contribution in [2.24, 2.45) is 5.92 Å². The second-order valence-electron chi connectivity index (χ2n) is 9.30. The normalized spacial score (nSPS) is 25.4. The summed E-state index contributed by atoms with van der Waals surface area (Å²) in [6.07, 6.45) is 6.03. The van der Waals surface area contributed by atoms with Crippen molar-refractivity contribution in [1.29, 1.82) is 0 Å². The minimum absolute atomic E-state index is 0.0449. The predicted octanol–water partition coefficient (Wildman–Crippen LogP) is 4.63. The molecule has 1 aromatic heterocycles. The molecule has 0 bridgehead atoms. The van der Waals surface area contributed by atoms with Gasteiger partial charge in [-0.05, 0) is 75.1 Å². The monoisotopic (exact) mass is 428 g/mol. The van der Waals surface area contributed by atoms with E-state index >= 15 is 0 Å². The van der Waals surface area contributed by atoms with Gasteiger partial charge >= 0.3 is 6.03 Å². The van der Waals surface area contributed by atoms with Crippen LogP contribution in [0.4, 0.5) is 10.5 Å². The second-order valence-corrected chi connectivity index (χ2v) is 10.3. The van der Waals surface area contributed by atoms with Gasteiger partial charge in [-0.2, -0.15) is 0 Å². The Hall–Kier alpha value is -1.79. The largest absolute Gasteiger partial charge is 0.366 e. The minimum Gasteiger partial charge on any atom is -0.366 e. The molecule has 1 saturated heterocycles. The van der Waals surface area contributed by atoms with Crippen LogP contribution >= 0.6 is 11.3 Å². The molecule has 0 spiro atoms. The lowest BCUT2D eigenvalue weighted by Crippen LogP contribution is -2.52. The summed E-state index contributed by atoms with van der Waals surface area (Å²) >= 11 is 1.83. The van der Waals surface area contributed by atoms with Crippen LogP contribution in [0.2, 0.25) is 0 Å². The van der Waals surface area contributed by atoms with Gasteiger partial charge in [0.05, 0.1) is 0 Å². The molecule has 1 saturated carbocycles. The van der Waals surface area contributed by atoms with Crippen LogP contribution in [0.1, 0.15) is 39.0 Å².